The van der Waals surface area contributed by atoms with Crippen molar-refractivity contribution in [2.24, 2.45) is 0 Å². The Kier molecular flexibility index (Phi) is 2.69. The zero-order chi connectivity index (χ0) is 11.0. The van der Waals surface area contributed by atoms with Gasteiger partial charge in [-0.3, -0.25) is 4.79 Å². The number of anilines is 1. The summed E-state index contributed by atoms with van der Waals surface area (Å²) in [5.74, 6) is 0.0386. The molecule has 1 saturated carbocycles. The molecule has 15 heavy (non-hydrogen) atoms. The van der Waals surface area contributed by atoms with E-state index in [4.69, 9.17) is 5.73 Å². The van der Waals surface area contributed by atoms with Crippen LogP contribution in [0.1, 0.15) is 23.2 Å². The standard InChI is InChI=1S/C11H13BrN2O/c1-14(8-3-4-8)11(15)9-6-7(13)2-5-10(9)12/h2,5-6,8H,3-4,13H2,1H3. The highest BCUT2D eigenvalue weighted by Crippen LogP contribution is 2.29. The van der Waals surface area contributed by atoms with Crippen LogP contribution in [0.25, 0.3) is 0 Å². The summed E-state index contributed by atoms with van der Waals surface area (Å²) in [6, 6.07) is 5.72. The number of nitrogen functional groups attached to an aromatic ring is 1. The van der Waals surface area contributed by atoms with E-state index in [2.05, 4.69) is 15.9 Å². The zero-order valence-corrected chi connectivity index (χ0v) is 10.1. The maximum absolute atomic E-state index is 12.0. The predicted octanol–water partition coefficient (Wildman–Crippen LogP) is 2.27. The van der Waals surface area contributed by atoms with Crippen molar-refractivity contribution in [2.45, 2.75) is 18.9 Å². The molecule has 1 aliphatic rings. The Morgan fingerprint density at radius 3 is 2.80 bits per heavy atom. The largest absolute Gasteiger partial charge is 0.399 e. The van der Waals surface area contributed by atoms with Crippen molar-refractivity contribution in [1.29, 1.82) is 0 Å². The number of hydrogen-bond donors (Lipinski definition) is 1. The normalized spacial score (nSPS) is 15.1. The van der Waals surface area contributed by atoms with Crippen molar-refractivity contribution in [3.8, 4) is 0 Å². The van der Waals surface area contributed by atoms with Crippen LogP contribution in [0.5, 0.6) is 0 Å². The number of benzene rings is 1. The van der Waals surface area contributed by atoms with E-state index in [1.807, 2.05) is 13.1 Å². The molecule has 1 amide bonds. The minimum absolute atomic E-state index is 0.0386. The maximum Gasteiger partial charge on any atom is 0.255 e. The fourth-order valence-electron chi connectivity index (χ4n) is 1.52. The quantitative estimate of drug-likeness (QED) is 0.837. The molecule has 0 spiro atoms. The van der Waals surface area contributed by atoms with Crippen molar-refractivity contribution in [3.63, 3.8) is 0 Å². The van der Waals surface area contributed by atoms with Gasteiger partial charge in [0.05, 0.1) is 5.56 Å². The van der Waals surface area contributed by atoms with Crippen LogP contribution in [0.15, 0.2) is 22.7 Å². The average molecular weight is 269 g/mol. The molecule has 0 aromatic heterocycles. The smallest absolute Gasteiger partial charge is 0.255 e. The summed E-state index contributed by atoms with van der Waals surface area (Å²) in [5.41, 5.74) is 6.92. The van der Waals surface area contributed by atoms with Gasteiger partial charge in [0.1, 0.15) is 0 Å². The number of hydrogen-bond acceptors (Lipinski definition) is 2. The van der Waals surface area contributed by atoms with Gasteiger partial charge in [0.25, 0.3) is 5.91 Å². The highest BCUT2D eigenvalue weighted by molar-refractivity contribution is 9.10. The summed E-state index contributed by atoms with van der Waals surface area (Å²) in [5, 5.41) is 0. The number of rotatable bonds is 2. The number of carbonyl (C=O) groups excluding carboxylic acids is 1. The van der Waals surface area contributed by atoms with Crippen molar-refractivity contribution in [2.75, 3.05) is 12.8 Å². The molecule has 3 nitrogen and oxygen atoms in total. The molecule has 0 aliphatic heterocycles. The molecule has 0 saturated heterocycles. The molecule has 1 fully saturated rings. The molecule has 2 rings (SSSR count). The van der Waals surface area contributed by atoms with E-state index in [0.29, 0.717) is 17.3 Å². The second-order valence-electron chi connectivity index (χ2n) is 3.89. The van der Waals surface area contributed by atoms with Crippen molar-refractivity contribution >= 4 is 27.5 Å². The van der Waals surface area contributed by atoms with Gasteiger partial charge in [-0.2, -0.15) is 0 Å². The number of halogens is 1. The zero-order valence-electron chi connectivity index (χ0n) is 8.53. The van der Waals surface area contributed by atoms with Gasteiger partial charge in [0.2, 0.25) is 0 Å². The Bertz CT molecular complexity index is 402. The molecule has 0 unspecified atom stereocenters. The summed E-state index contributed by atoms with van der Waals surface area (Å²) >= 11 is 3.37. The third kappa shape index (κ3) is 2.15. The Morgan fingerprint density at radius 2 is 2.20 bits per heavy atom. The van der Waals surface area contributed by atoms with Gasteiger partial charge in [0.15, 0.2) is 0 Å². The lowest BCUT2D eigenvalue weighted by Gasteiger charge is -2.17. The first-order valence-electron chi connectivity index (χ1n) is 4.92. The van der Waals surface area contributed by atoms with E-state index in [0.717, 1.165) is 17.3 Å². The number of amides is 1. The van der Waals surface area contributed by atoms with Gasteiger partial charge >= 0.3 is 0 Å². The minimum atomic E-state index is 0.0386. The Balaban J connectivity index is 2.27. The van der Waals surface area contributed by atoms with Crippen molar-refractivity contribution in [3.05, 3.63) is 28.2 Å². The molecule has 1 aromatic carbocycles. The molecular weight excluding hydrogens is 256 g/mol. The van der Waals surface area contributed by atoms with Crippen LogP contribution >= 0.6 is 15.9 Å². The lowest BCUT2D eigenvalue weighted by Crippen LogP contribution is -2.29. The monoisotopic (exact) mass is 268 g/mol. The van der Waals surface area contributed by atoms with E-state index in [-0.39, 0.29) is 5.91 Å². The third-order valence-corrected chi connectivity index (χ3v) is 3.33. The van der Waals surface area contributed by atoms with Crippen LogP contribution in [0.3, 0.4) is 0 Å². The van der Waals surface area contributed by atoms with E-state index in [1.165, 1.54) is 0 Å². The summed E-state index contributed by atoms with van der Waals surface area (Å²) in [7, 11) is 1.84. The predicted molar refractivity (Wildman–Crippen MR) is 63.7 cm³/mol. The second-order valence-corrected chi connectivity index (χ2v) is 4.74. The average Bonchev–Trinajstić information content (AvgIpc) is 3.03. The molecule has 1 aliphatic carbocycles. The second kappa shape index (κ2) is 3.85. The third-order valence-electron chi connectivity index (χ3n) is 2.64. The topological polar surface area (TPSA) is 46.3 Å². The van der Waals surface area contributed by atoms with E-state index >= 15 is 0 Å². The molecule has 0 atom stereocenters. The van der Waals surface area contributed by atoms with Gasteiger partial charge in [-0.15, -0.1) is 0 Å². The minimum Gasteiger partial charge on any atom is -0.399 e. The highest BCUT2D eigenvalue weighted by Gasteiger charge is 2.30. The first-order chi connectivity index (χ1) is 7.09. The Labute approximate surface area is 97.4 Å². The van der Waals surface area contributed by atoms with E-state index in [9.17, 15) is 4.79 Å². The van der Waals surface area contributed by atoms with Crippen LogP contribution < -0.4 is 5.73 Å². The van der Waals surface area contributed by atoms with Crippen LogP contribution in [0.2, 0.25) is 0 Å². The Hall–Kier alpha value is -1.03. The maximum atomic E-state index is 12.0. The summed E-state index contributed by atoms with van der Waals surface area (Å²) in [6.45, 7) is 0. The SMILES string of the molecule is CN(C(=O)c1cc(N)ccc1Br)C1CC1. The summed E-state index contributed by atoms with van der Waals surface area (Å²) in [6.07, 6.45) is 2.23. The molecule has 4 heteroatoms. The number of nitrogens with zero attached hydrogens (tertiary/aromatic N) is 1. The highest BCUT2D eigenvalue weighted by atomic mass is 79.9. The first kappa shape index (κ1) is 10.5. The molecule has 0 radical (unpaired) electrons. The number of carbonyl (C=O) groups is 1. The van der Waals surface area contributed by atoms with Crippen molar-refractivity contribution < 1.29 is 4.79 Å². The molecule has 0 bridgehead atoms. The van der Waals surface area contributed by atoms with Gasteiger partial charge in [-0.1, -0.05) is 0 Å². The summed E-state index contributed by atoms with van der Waals surface area (Å²) < 4.78 is 0.800. The van der Waals surface area contributed by atoms with Gasteiger partial charge in [0, 0.05) is 23.2 Å². The molecular formula is C11H13BrN2O. The van der Waals surface area contributed by atoms with Crippen molar-refractivity contribution in [1.82, 2.24) is 4.90 Å². The van der Waals surface area contributed by atoms with Gasteiger partial charge < -0.3 is 10.6 Å². The number of nitrogens with two attached hydrogens (primary N) is 1. The lowest BCUT2D eigenvalue weighted by atomic mass is 10.2. The fourth-order valence-corrected chi connectivity index (χ4v) is 1.94. The molecule has 80 valence electrons. The van der Waals surface area contributed by atoms with Gasteiger partial charge in [-0.05, 0) is 47.0 Å². The molecule has 0 heterocycles. The van der Waals surface area contributed by atoms with Gasteiger partial charge in [-0.25, -0.2) is 0 Å². The molecule has 2 N–H and O–H groups in total. The lowest BCUT2D eigenvalue weighted by molar-refractivity contribution is 0.0784. The Morgan fingerprint density at radius 1 is 1.53 bits per heavy atom. The fraction of sp³-hybridized carbons (Fsp3) is 0.364. The van der Waals surface area contributed by atoms with Crippen LogP contribution in [0.4, 0.5) is 5.69 Å². The molecule has 1 aromatic rings. The summed E-state index contributed by atoms with van der Waals surface area (Å²) in [4.78, 5) is 13.8. The van der Waals surface area contributed by atoms with Crippen LogP contribution in [0, 0.1) is 0 Å². The first-order valence-corrected chi connectivity index (χ1v) is 5.71. The van der Waals surface area contributed by atoms with E-state index < -0.39 is 0 Å². The van der Waals surface area contributed by atoms with E-state index in [1.54, 1.807) is 17.0 Å². The van der Waals surface area contributed by atoms with Crippen LogP contribution in [-0.4, -0.2) is 23.9 Å². The van der Waals surface area contributed by atoms with Crippen LogP contribution in [-0.2, 0) is 0 Å².